The number of nitrogens with zero attached hydrogens (tertiary/aromatic N) is 2. The lowest BCUT2D eigenvalue weighted by Gasteiger charge is -2.26. The third kappa shape index (κ3) is 6.47. The van der Waals surface area contributed by atoms with Crippen LogP contribution in [0.5, 0.6) is 0 Å². The lowest BCUT2D eigenvalue weighted by molar-refractivity contribution is 0.133. The number of hydrogen-bond acceptors (Lipinski definition) is 4. The summed E-state index contributed by atoms with van der Waals surface area (Å²) in [4.78, 5) is 4.25. The van der Waals surface area contributed by atoms with E-state index in [-0.39, 0.29) is 17.4 Å². The fourth-order valence-corrected chi connectivity index (χ4v) is 5.14. The van der Waals surface area contributed by atoms with Crippen molar-refractivity contribution in [1.29, 1.82) is 0 Å². The van der Waals surface area contributed by atoms with Gasteiger partial charge in [-0.3, -0.25) is 4.98 Å². The van der Waals surface area contributed by atoms with Crippen LogP contribution >= 0.6 is 0 Å². The molecule has 5 nitrogen and oxygen atoms in total. The first-order chi connectivity index (χ1) is 14.9. The summed E-state index contributed by atoms with van der Waals surface area (Å²) in [6, 6.07) is 20.6. The molecule has 3 aromatic rings. The van der Waals surface area contributed by atoms with Gasteiger partial charge in [0.05, 0.1) is 11.0 Å². The molecule has 0 radical (unpaired) electrons. The van der Waals surface area contributed by atoms with Crippen LogP contribution in [-0.2, 0) is 16.4 Å². The molecule has 6 heteroatoms. The second kappa shape index (κ2) is 10.7. The molecule has 0 unspecified atom stereocenters. The molecule has 1 heterocycles. The predicted octanol–water partition coefficient (Wildman–Crippen LogP) is 4.39. The molecule has 3 rings (SSSR count). The Morgan fingerprint density at radius 2 is 1.48 bits per heavy atom. The first-order valence-electron chi connectivity index (χ1n) is 10.6. The molecule has 164 valence electrons. The van der Waals surface area contributed by atoms with Crippen molar-refractivity contribution in [3.8, 4) is 11.1 Å². The second-order valence-corrected chi connectivity index (χ2v) is 10.1. The zero-order chi connectivity index (χ0) is 22.3. The first-order valence-corrected chi connectivity index (χ1v) is 12.0. The molecule has 0 aliphatic rings. The maximum absolute atomic E-state index is 13.3. The fourth-order valence-electron chi connectivity index (χ4n) is 3.50. The van der Waals surface area contributed by atoms with E-state index in [9.17, 15) is 13.5 Å². The van der Waals surface area contributed by atoms with Gasteiger partial charge in [0.2, 0.25) is 10.0 Å². The van der Waals surface area contributed by atoms with Crippen molar-refractivity contribution in [2.45, 2.75) is 37.7 Å². The van der Waals surface area contributed by atoms with Gasteiger partial charge in [-0.25, -0.2) is 8.42 Å². The van der Waals surface area contributed by atoms with E-state index in [0.717, 1.165) is 16.7 Å². The smallest absolute Gasteiger partial charge is 0.243 e. The van der Waals surface area contributed by atoms with Crippen LogP contribution < -0.4 is 0 Å². The fraction of sp³-hybridized carbons (Fsp3) is 0.320. The van der Waals surface area contributed by atoms with E-state index in [0.29, 0.717) is 19.4 Å². The Bertz CT molecular complexity index is 1040. The topological polar surface area (TPSA) is 70.5 Å². The minimum atomic E-state index is -3.71. The Balaban J connectivity index is 1.73. The number of aromatic nitrogens is 1. The van der Waals surface area contributed by atoms with E-state index in [1.54, 1.807) is 24.5 Å². The van der Waals surface area contributed by atoms with Gasteiger partial charge in [0.15, 0.2) is 0 Å². The van der Waals surface area contributed by atoms with Crippen LogP contribution in [0.1, 0.15) is 25.8 Å². The monoisotopic (exact) mass is 438 g/mol. The van der Waals surface area contributed by atoms with E-state index in [1.807, 2.05) is 68.4 Å². The number of pyridine rings is 1. The van der Waals surface area contributed by atoms with Gasteiger partial charge in [0.1, 0.15) is 0 Å². The molecule has 31 heavy (non-hydrogen) atoms. The van der Waals surface area contributed by atoms with Crippen molar-refractivity contribution in [3.63, 3.8) is 0 Å². The largest absolute Gasteiger partial charge is 0.392 e. The lowest BCUT2D eigenvalue weighted by atomic mass is 10.1. The van der Waals surface area contributed by atoms with Crippen LogP contribution in [0.2, 0.25) is 0 Å². The van der Waals surface area contributed by atoms with Gasteiger partial charge in [-0.05, 0) is 59.7 Å². The van der Waals surface area contributed by atoms with Gasteiger partial charge < -0.3 is 5.11 Å². The summed E-state index contributed by atoms with van der Waals surface area (Å²) in [6.45, 7) is 4.40. The minimum Gasteiger partial charge on any atom is -0.392 e. The molecule has 0 bridgehead atoms. The van der Waals surface area contributed by atoms with Crippen molar-refractivity contribution in [3.05, 3.63) is 84.7 Å². The van der Waals surface area contributed by atoms with Gasteiger partial charge >= 0.3 is 0 Å². The molecule has 0 saturated heterocycles. The van der Waals surface area contributed by atoms with E-state index in [4.69, 9.17) is 0 Å². The summed E-state index contributed by atoms with van der Waals surface area (Å²) in [7, 11) is -3.71. The molecule has 0 aliphatic carbocycles. The highest BCUT2D eigenvalue weighted by molar-refractivity contribution is 7.89. The highest BCUT2D eigenvalue weighted by Gasteiger charge is 2.27. The highest BCUT2D eigenvalue weighted by atomic mass is 32.2. The number of sulfonamides is 1. The lowest BCUT2D eigenvalue weighted by Crippen LogP contribution is -2.40. The van der Waals surface area contributed by atoms with Crippen molar-refractivity contribution in [2.75, 3.05) is 13.1 Å². The molecule has 0 fully saturated rings. The van der Waals surface area contributed by atoms with Crippen molar-refractivity contribution >= 4 is 10.0 Å². The maximum Gasteiger partial charge on any atom is 0.243 e. The zero-order valence-corrected chi connectivity index (χ0v) is 18.9. The summed E-state index contributed by atoms with van der Waals surface area (Å²) in [5.41, 5.74) is 3.04. The van der Waals surface area contributed by atoms with E-state index in [1.165, 1.54) is 4.31 Å². The summed E-state index contributed by atoms with van der Waals surface area (Å²) in [5, 5.41) is 10.6. The maximum atomic E-state index is 13.3. The number of hydrogen-bond donors (Lipinski definition) is 1. The predicted molar refractivity (Wildman–Crippen MR) is 124 cm³/mol. The molecule has 2 aromatic carbocycles. The zero-order valence-electron chi connectivity index (χ0n) is 18.1. The van der Waals surface area contributed by atoms with Crippen molar-refractivity contribution < 1.29 is 13.5 Å². The number of benzene rings is 2. The molecule has 0 saturated carbocycles. The number of aryl methyl sites for hydroxylation is 1. The molecule has 1 atom stereocenters. The summed E-state index contributed by atoms with van der Waals surface area (Å²) in [5.74, 6) is 0.146. The summed E-state index contributed by atoms with van der Waals surface area (Å²) < 4.78 is 28.1. The molecule has 0 amide bonds. The van der Waals surface area contributed by atoms with Crippen LogP contribution in [0, 0.1) is 5.92 Å². The van der Waals surface area contributed by atoms with Gasteiger partial charge in [0, 0.05) is 25.5 Å². The molecule has 0 spiro atoms. The van der Waals surface area contributed by atoms with Gasteiger partial charge in [-0.2, -0.15) is 4.31 Å². The normalized spacial score (nSPS) is 12.9. The van der Waals surface area contributed by atoms with E-state index in [2.05, 4.69) is 4.98 Å². The quantitative estimate of drug-likeness (QED) is 0.510. The Labute approximate surface area is 185 Å². The average Bonchev–Trinajstić information content (AvgIpc) is 2.78. The third-order valence-corrected chi connectivity index (χ3v) is 6.94. The van der Waals surface area contributed by atoms with Crippen LogP contribution in [0.25, 0.3) is 11.1 Å². The van der Waals surface area contributed by atoms with Crippen LogP contribution in [0.15, 0.2) is 84.0 Å². The third-order valence-electron chi connectivity index (χ3n) is 5.10. The summed E-state index contributed by atoms with van der Waals surface area (Å²) in [6.07, 6.45) is 3.90. The molecule has 1 aromatic heterocycles. The Morgan fingerprint density at radius 3 is 2.10 bits per heavy atom. The standard InChI is InChI=1S/C25H30N2O3S/c1-20(2)18-27(19-24(28)11-8-21-6-4-3-5-7-21)31(29,30)25-12-9-22(10-13-25)23-14-16-26-17-15-23/h3-7,9-10,12-17,20,24,28H,8,11,18-19H2,1-2H3/t24-/m1/s1. The molecule has 1 N–H and O–H groups in total. The van der Waals surface area contributed by atoms with Crippen LogP contribution in [-0.4, -0.2) is 42.0 Å². The Kier molecular flexibility index (Phi) is 7.96. The average molecular weight is 439 g/mol. The highest BCUT2D eigenvalue weighted by Crippen LogP contribution is 2.23. The van der Waals surface area contributed by atoms with Gasteiger partial charge in [-0.15, -0.1) is 0 Å². The number of rotatable bonds is 10. The Morgan fingerprint density at radius 1 is 0.871 bits per heavy atom. The van der Waals surface area contributed by atoms with Crippen LogP contribution in [0.3, 0.4) is 0 Å². The number of aliphatic hydroxyl groups excluding tert-OH is 1. The Hall–Kier alpha value is -2.54. The van der Waals surface area contributed by atoms with Crippen molar-refractivity contribution in [1.82, 2.24) is 9.29 Å². The minimum absolute atomic E-state index is 0.0828. The van der Waals surface area contributed by atoms with Gasteiger partial charge in [-0.1, -0.05) is 56.3 Å². The van der Waals surface area contributed by atoms with E-state index < -0.39 is 16.1 Å². The molecular weight excluding hydrogens is 408 g/mol. The SMILES string of the molecule is CC(C)CN(C[C@H](O)CCc1ccccc1)S(=O)(=O)c1ccc(-c2ccncc2)cc1. The summed E-state index contributed by atoms with van der Waals surface area (Å²) >= 11 is 0. The van der Waals surface area contributed by atoms with Crippen molar-refractivity contribution in [2.24, 2.45) is 5.92 Å². The molecule has 0 aliphatic heterocycles. The van der Waals surface area contributed by atoms with E-state index >= 15 is 0 Å². The first kappa shape index (κ1) is 23.1. The molecular formula is C25H30N2O3S. The van der Waals surface area contributed by atoms with Crippen LogP contribution in [0.4, 0.5) is 0 Å². The van der Waals surface area contributed by atoms with Gasteiger partial charge in [0.25, 0.3) is 0 Å². The number of aliphatic hydroxyl groups is 1. The second-order valence-electron chi connectivity index (χ2n) is 8.15.